The van der Waals surface area contributed by atoms with Gasteiger partial charge in [-0.3, -0.25) is 4.79 Å². The molecule has 11 heteroatoms. The number of carbonyl (C=O) groups is 2. The molecule has 9 nitrogen and oxygen atoms in total. The van der Waals surface area contributed by atoms with E-state index in [1.807, 2.05) is 0 Å². The number of likely N-dealkylation sites (N-methyl/N-ethyl adjacent to an activating group) is 1. The van der Waals surface area contributed by atoms with E-state index in [9.17, 15) is 18.0 Å². The van der Waals surface area contributed by atoms with Crippen molar-refractivity contribution in [2.45, 2.75) is 4.90 Å². The van der Waals surface area contributed by atoms with Crippen molar-refractivity contribution < 1.29 is 22.7 Å². The highest BCUT2D eigenvalue weighted by atomic mass is 32.2. The molecular formula is C17H16N4O5S2. The molecule has 0 aliphatic heterocycles. The number of esters is 1. The number of para-hydroxylation sites is 1. The SMILES string of the molecule is COC(=O)c1ccccc1NC(=O)CN(C)S(=O)(=O)c1cccc2nsnc12. The van der Waals surface area contributed by atoms with E-state index < -0.39 is 28.4 Å². The lowest BCUT2D eigenvalue weighted by Gasteiger charge is -2.17. The lowest BCUT2D eigenvalue weighted by molar-refractivity contribution is -0.116. The number of methoxy groups -OCH3 is 1. The first-order valence-electron chi connectivity index (χ1n) is 7.99. The van der Waals surface area contributed by atoms with Crippen molar-refractivity contribution in [1.29, 1.82) is 0 Å². The molecule has 0 fully saturated rings. The average molecular weight is 420 g/mol. The highest BCUT2D eigenvalue weighted by Crippen LogP contribution is 2.24. The molecule has 28 heavy (non-hydrogen) atoms. The van der Waals surface area contributed by atoms with Crippen LogP contribution in [0.15, 0.2) is 47.4 Å². The largest absolute Gasteiger partial charge is 0.465 e. The zero-order valence-corrected chi connectivity index (χ0v) is 16.6. The van der Waals surface area contributed by atoms with Crippen LogP contribution in [0.4, 0.5) is 5.69 Å². The molecule has 0 radical (unpaired) electrons. The number of rotatable bonds is 6. The fourth-order valence-electron chi connectivity index (χ4n) is 2.51. The highest BCUT2D eigenvalue weighted by Gasteiger charge is 2.26. The van der Waals surface area contributed by atoms with Gasteiger partial charge in [0, 0.05) is 7.05 Å². The summed E-state index contributed by atoms with van der Waals surface area (Å²) in [6.45, 7) is -0.453. The third kappa shape index (κ3) is 3.86. The van der Waals surface area contributed by atoms with Crippen molar-refractivity contribution in [3.05, 3.63) is 48.0 Å². The molecule has 0 unspecified atom stereocenters. The zero-order valence-electron chi connectivity index (χ0n) is 14.9. The fourth-order valence-corrected chi connectivity index (χ4v) is 4.39. The van der Waals surface area contributed by atoms with Gasteiger partial charge in [-0.25, -0.2) is 13.2 Å². The number of hydrogen-bond donors (Lipinski definition) is 1. The summed E-state index contributed by atoms with van der Waals surface area (Å²) < 4.78 is 39.4. The third-order valence-electron chi connectivity index (χ3n) is 3.91. The van der Waals surface area contributed by atoms with Crippen molar-refractivity contribution in [2.24, 2.45) is 0 Å². The second-order valence-corrected chi connectivity index (χ2v) is 8.28. The van der Waals surface area contributed by atoms with Gasteiger partial charge in [-0.05, 0) is 24.3 Å². The molecule has 0 aliphatic carbocycles. The predicted octanol–water partition coefficient (Wildman–Crippen LogP) is 1.74. The number of ether oxygens (including phenoxy) is 1. The quantitative estimate of drug-likeness (QED) is 0.603. The Hall–Kier alpha value is -2.89. The van der Waals surface area contributed by atoms with Crippen LogP contribution in [0.5, 0.6) is 0 Å². The molecule has 1 N–H and O–H groups in total. The molecule has 0 aliphatic rings. The van der Waals surface area contributed by atoms with Crippen molar-refractivity contribution in [1.82, 2.24) is 13.1 Å². The first kappa shape index (κ1) is 19.9. The molecule has 2 aromatic carbocycles. The Kier molecular flexibility index (Phi) is 5.68. The predicted molar refractivity (Wildman–Crippen MR) is 104 cm³/mol. The molecule has 0 saturated heterocycles. The van der Waals surface area contributed by atoms with Crippen LogP contribution in [0.25, 0.3) is 11.0 Å². The van der Waals surface area contributed by atoms with Crippen molar-refractivity contribution >= 4 is 50.3 Å². The number of carbonyl (C=O) groups excluding carboxylic acids is 2. The van der Waals surface area contributed by atoms with Crippen LogP contribution in [0, 0.1) is 0 Å². The van der Waals surface area contributed by atoms with Crippen molar-refractivity contribution in [2.75, 3.05) is 26.0 Å². The molecule has 0 spiro atoms. The van der Waals surface area contributed by atoms with E-state index in [2.05, 4.69) is 18.8 Å². The first-order valence-corrected chi connectivity index (χ1v) is 10.2. The van der Waals surface area contributed by atoms with E-state index >= 15 is 0 Å². The van der Waals surface area contributed by atoms with E-state index in [0.29, 0.717) is 5.52 Å². The Morgan fingerprint density at radius 1 is 1.14 bits per heavy atom. The number of hydrogen-bond acceptors (Lipinski definition) is 8. The second-order valence-electron chi connectivity index (χ2n) is 5.73. The molecule has 0 atom stereocenters. The summed E-state index contributed by atoms with van der Waals surface area (Å²) in [5.41, 5.74) is 1.13. The maximum atomic E-state index is 12.9. The van der Waals surface area contributed by atoms with Gasteiger partial charge < -0.3 is 10.1 Å². The number of sulfonamides is 1. The Labute approximate surface area is 165 Å². The summed E-state index contributed by atoms with van der Waals surface area (Å²) in [4.78, 5) is 24.1. The number of aromatic nitrogens is 2. The minimum absolute atomic E-state index is 0.0241. The molecule has 1 heterocycles. The van der Waals surface area contributed by atoms with Gasteiger partial charge in [0.25, 0.3) is 0 Å². The Morgan fingerprint density at radius 3 is 2.64 bits per heavy atom. The van der Waals surface area contributed by atoms with Crippen LogP contribution in [0.1, 0.15) is 10.4 Å². The summed E-state index contributed by atoms with van der Waals surface area (Å²) in [5, 5.41) is 2.54. The molecule has 3 rings (SSSR count). The van der Waals surface area contributed by atoms with Gasteiger partial charge in [-0.1, -0.05) is 18.2 Å². The molecule has 0 saturated carbocycles. The highest BCUT2D eigenvalue weighted by molar-refractivity contribution is 7.89. The summed E-state index contributed by atoms with van der Waals surface area (Å²) in [7, 11) is -1.45. The number of anilines is 1. The van der Waals surface area contributed by atoms with E-state index in [1.165, 1.54) is 32.4 Å². The van der Waals surface area contributed by atoms with E-state index in [0.717, 1.165) is 16.0 Å². The Balaban J connectivity index is 1.80. The van der Waals surface area contributed by atoms with Gasteiger partial charge >= 0.3 is 5.97 Å². The zero-order chi connectivity index (χ0) is 20.3. The number of amides is 1. The Bertz CT molecular complexity index is 1140. The van der Waals surface area contributed by atoms with E-state index in [4.69, 9.17) is 0 Å². The van der Waals surface area contributed by atoms with Gasteiger partial charge in [0.05, 0.1) is 36.6 Å². The topological polar surface area (TPSA) is 119 Å². The van der Waals surface area contributed by atoms with Gasteiger partial charge in [0.1, 0.15) is 15.9 Å². The average Bonchev–Trinajstić information content (AvgIpc) is 3.16. The molecule has 3 aromatic rings. The summed E-state index contributed by atoms with van der Waals surface area (Å²) in [6.07, 6.45) is 0. The maximum absolute atomic E-state index is 12.9. The third-order valence-corrected chi connectivity index (χ3v) is 6.29. The number of benzene rings is 2. The van der Waals surface area contributed by atoms with Crippen LogP contribution >= 0.6 is 11.7 Å². The van der Waals surface area contributed by atoms with E-state index in [-0.39, 0.29) is 21.7 Å². The summed E-state index contributed by atoms with van der Waals surface area (Å²) >= 11 is 0.911. The normalized spacial score (nSPS) is 11.5. The molecule has 0 bridgehead atoms. The molecular weight excluding hydrogens is 404 g/mol. The minimum Gasteiger partial charge on any atom is -0.465 e. The van der Waals surface area contributed by atoms with Gasteiger partial charge in [0.2, 0.25) is 15.9 Å². The van der Waals surface area contributed by atoms with Crippen LogP contribution in [0.2, 0.25) is 0 Å². The van der Waals surface area contributed by atoms with Gasteiger partial charge in [-0.15, -0.1) is 0 Å². The van der Waals surface area contributed by atoms with Crippen LogP contribution < -0.4 is 5.32 Å². The maximum Gasteiger partial charge on any atom is 0.339 e. The monoisotopic (exact) mass is 420 g/mol. The van der Waals surface area contributed by atoms with Gasteiger partial charge in [-0.2, -0.15) is 13.1 Å². The van der Waals surface area contributed by atoms with Crippen molar-refractivity contribution in [3.8, 4) is 0 Å². The Morgan fingerprint density at radius 2 is 1.89 bits per heavy atom. The van der Waals surface area contributed by atoms with Crippen LogP contribution in [-0.2, 0) is 19.6 Å². The number of nitrogens with zero attached hydrogens (tertiary/aromatic N) is 3. The fraction of sp³-hybridized carbons (Fsp3) is 0.176. The minimum atomic E-state index is -3.97. The second kappa shape index (κ2) is 8.00. The molecule has 1 amide bonds. The van der Waals surface area contributed by atoms with E-state index in [1.54, 1.807) is 24.3 Å². The molecule has 146 valence electrons. The summed E-state index contributed by atoms with van der Waals surface area (Å²) in [5.74, 6) is -1.22. The van der Waals surface area contributed by atoms with Crippen LogP contribution in [0.3, 0.4) is 0 Å². The summed E-state index contributed by atoms with van der Waals surface area (Å²) in [6, 6.07) is 10.9. The lowest BCUT2D eigenvalue weighted by atomic mass is 10.2. The van der Waals surface area contributed by atoms with Crippen molar-refractivity contribution in [3.63, 3.8) is 0 Å². The van der Waals surface area contributed by atoms with Gasteiger partial charge in [0.15, 0.2) is 0 Å². The number of fused-ring (bicyclic) bond motifs is 1. The molecule has 1 aromatic heterocycles. The lowest BCUT2D eigenvalue weighted by Crippen LogP contribution is -2.35. The smallest absolute Gasteiger partial charge is 0.339 e. The first-order chi connectivity index (χ1) is 13.3. The van der Waals surface area contributed by atoms with Crippen LogP contribution in [-0.4, -0.2) is 54.0 Å². The number of nitrogens with one attached hydrogen (secondary N) is 1. The standard InChI is InChI=1S/C17H16N4O5S2/c1-21(28(24,25)14-9-5-8-13-16(14)20-27-19-13)10-15(22)18-12-7-4-3-6-11(12)17(23)26-2/h3-9H,10H2,1-2H3,(H,18,22).